The molecule has 0 radical (unpaired) electrons. The molecule has 0 spiro atoms. The molecule has 0 fully saturated rings. The molecule has 0 atom stereocenters. The summed E-state index contributed by atoms with van der Waals surface area (Å²) in [5.41, 5.74) is 0. The molecule has 0 aromatic carbocycles. The lowest BCUT2D eigenvalue weighted by Gasteiger charge is -2.10. The van der Waals surface area contributed by atoms with Crippen molar-refractivity contribution in [3.63, 3.8) is 0 Å². The van der Waals surface area contributed by atoms with Crippen LogP contribution in [0.4, 0.5) is 5.82 Å². The molecule has 0 unspecified atom stereocenters. The van der Waals surface area contributed by atoms with Gasteiger partial charge in [-0.15, -0.1) is 0 Å². The zero-order valence-corrected chi connectivity index (χ0v) is 6.10. The molecule has 0 aliphatic carbocycles. The van der Waals surface area contributed by atoms with E-state index in [2.05, 4.69) is 9.82 Å². The molecule has 1 amide bonds. The third-order valence-electron chi connectivity index (χ3n) is 1.17. The van der Waals surface area contributed by atoms with Crippen LogP contribution in [-0.4, -0.2) is 18.5 Å². The van der Waals surface area contributed by atoms with Gasteiger partial charge < -0.3 is 0 Å². The molecule has 11 heavy (non-hydrogen) atoms. The number of anilines is 1. The van der Waals surface area contributed by atoms with E-state index < -0.39 is 0 Å². The van der Waals surface area contributed by atoms with Crippen LogP contribution in [0, 0.1) is 0 Å². The van der Waals surface area contributed by atoms with Gasteiger partial charge in [0.05, 0.1) is 7.11 Å². The number of amides is 1. The standard InChI is InChI=1S/C7H8N2O2/c1-11-9(6-10)7-4-2-3-5-8-7/h2-6H,1H3. The molecule has 58 valence electrons. The van der Waals surface area contributed by atoms with E-state index >= 15 is 0 Å². The minimum Gasteiger partial charge on any atom is -0.276 e. The van der Waals surface area contributed by atoms with Crippen molar-refractivity contribution in [1.82, 2.24) is 4.98 Å². The van der Waals surface area contributed by atoms with Gasteiger partial charge in [0.2, 0.25) is 6.41 Å². The predicted molar refractivity (Wildman–Crippen MR) is 39.8 cm³/mol. The van der Waals surface area contributed by atoms with Gasteiger partial charge in [0.25, 0.3) is 0 Å². The van der Waals surface area contributed by atoms with E-state index in [-0.39, 0.29) is 0 Å². The summed E-state index contributed by atoms with van der Waals surface area (Å²) in [4.78, 5) is 18.9. The lowest BCUT2D eigenvalue weighted by Crippen LogP contribution is -2.19. The van der Waals surface area contributed by atoms with Crippen LogP contribution in [0.15, 0.2) is 24.4 Å². The Morgan fingerprint density at radius 3 is 2.91 bits per heavy atom. The van der Waals surface area contributed by atoms with Crippen LogP contribution in [0.1, 0.15) is 0 Å². The Bertz CT molecular complexity index is 225. The van der Waals surface area contributed by atoms with E-state index in [4.69, 9.17) is 0 Å². The van der Waals surface area contributed by atoms with E-state index in [1.54, 1.807) is 24.4 Å². The summed E-state index contributed by atoms with van der Waals surface area (Å²) in [6.45, 7) is 0. The van der Waals surface area contributed by atoms with Gasteiger partial charge in [-0.25, -0.2) is 4.98 Å². The summed E-state index contributed by atoms with van der Waals surface area (Å²) in [6, 6.07) is 5.22. The van der Waals surface area contributed by atoms with Gasteiger partial charge in [-0.1, -0.05) is 6.07 Å². The summed E-state index contributed by atoms with van der Waals surface area (Å²) in [5, 5.41) is 1.04. The molecule has 0 aliphatic heterocycles. The fourth-order valence-electron chi connectivity index (χ4n) is 0.675. The average molecular weight is 152 g/mol. The largest absolute Gasteiger partial charge is 0.276 e. The molecule has 1 aromatic rings. The monoisotopic (exact) mass is 152 g/mol. The minimum absolute atomic E-state index is 0.477. The Kier molecular flexibility index (Phi) is 2.57. The number of aromatic nitrogens is 1. The average Bonchev–Trinajstić information content (AvgIpc) is 2.09. The summed E-state index contributed by atoms with van der Waals surface area (Å²) in [6.07, 6.45) is 2.15. The van der Waals surface area contributed by atoms with Crippen LogP contribution >= 0.6 is 0 Å². The number of hydrogen-bond donors (Lipinski definition) is 0. The first-order valence-electron chi connectivity index (χ1n) is 3.08. The van der Waals surface area contributed by atoms with Gasteiger partial charge in [-0.05, 0) is 12.1 Å². The zero-order valence-electron chi connectivity index (χ0n) is 6.10. The van der Waals surface area contributed by atoms with Gasteiger partial charge in [0, 0.05) is 6.20 Å². The molecule has 1 heterocycles. The topological polar surface area (TPSA) is 42.4 Å². The fraction of sp³-hybridized carbons (Fsp3) is 0.143. The summed E-state index contributed by atoms with van der Waals surface area (Å²) < 4.78 is 0. The smallest absolute Gasteiger partial charge is 0.239 e. The first kappa shape index (κ1) is 7.68. The van der Waals surface area contributed by atoms with Crippen LogP contribution in [0.5, 0.6) is 0 Å². The number of hydrogen-bond acceptors (Lipinski definition) is 3. The Balaban J connectivity index is 2.82. The van der Waals surface area contributed by atoms with Crippen molar-refractivity contribution in [2.24, 2.45) is 0 Å². The Morgan fingerprint density at radius 1 is 1.64 bits per heavy atom. The number of carbonyl (C=O) groups excluding carboxylic acids is 1. The molecule has 0 bridgehead atoms. The van der Waals surface area contributed by atoms with E-state index in [9.17, 15) is 4.79 Å². The Labute approximate surface area is 64.4 Å². The molecule has 0 saturated heterocycles. The lowest BCUT2D eigenvalue weighted by molar-refractivity contribution is -0.112. The van der Waals surface area contributed by atoms with Crippen LogP contribution in [0.3, 0.4) is 0 Å². The normalized spacial score (nSPS) is 9.18. The maximum absolute atomic E-state index is 10.3. The molecule has 4 nitrogen and oxygen atoms in total. The molecular weight excluding hydrogens is 144 g/mol. The maximum Gasteiger partial charge on any atom is 0.239 e. The quantitative estimate of drug-likeness (QED) is 0.470. The first-order valence-corrected chi connectivity index (χ1v) is 3.08. The minimum atomic E-state index is 0.477. The SMILES string of the molecule is CON(C=O)c1ccccn1. The van der Waals surface area contributed by atoms with Crippen molar-refractivity contribution in [2.75, 3.05) is 12.2 Å². The molecule has 1 aromatic heterocycles. The Morgan fingerprint density at radius 2 is 2.45 bits per heavy atom. The maximum atomic E-state index is 10.3. The number of rotatable bonds is 3. The highest BCUT2D eigenvalue weighted by atomic mass is 16.7. The van der Waals surface area contributed by atoms with Crippen molar-refractivity contribution in [1.29, 1.82) is 0 Å². The third-order valence-corrected chi connectivity index (χ3v) is 1.17. The van der Waals surface area contributed by atoms with Crippen LogP contribution in [0.25, 0.3) is 0 Å². The van der Waals surface area contributed by atoms with Crippen LogP contribution in [0.2, 0.25) is 0 Å². The van der Waals surface area contributed by atoms with Crippen LogP contribution < -0.4 is 5.06 Å². The van der Waals surface area contributed by atoms with E-state index in [1.165, 1.54) is 7.11 Å². The van der Waals surface area contributed by atoms with E-state index in [0.717, 1.165) is 5.06 Å². The first-order chi connectivity index (χ1) is 5.38. The summed E-state index contributed by atoms with van der Waals surface area (Å²) in [5.74, 6) is 0.477. The molecule has 0 N–H and O–H groups in total. The molecule has 0 saturated carbocycles. The van der Waals surface area contributed by atoms with Gasteiger partial charge in [0.1, 0.15) is 0 Å². The van der Waals surface area contributed by atoms with Gasteiger partial charge in [-0.2, -0.15) is 5.06 Å². The second-order valence-corrected chi connectivity index (χ2v) is 1.80. The van der Waals surface area contributed by atoms with Crippen molar-refractivity contribution < 1.29 is 9.63 Å². The third kappa shape index (κ3) is 1.75. The van der Waals surface area contributed by atoms with Crippen molar-refractivity contribution in [3.05, 3.63) is 24.4 Å². The van der Waals surface area contributed by atoms with Crippen molar-refractivity contribution in [3.8, 4) is 0 Å². The van der Waals surface area contributed by atoms with E-state index in [0.29, 0.717) is 12.2 Å². The van der Waals surface area contributed by atoms with E-state index in [1.807, 2.05) is 0 Å². The van der Waals surface area contributed by atoms with Crippen molar-refractivity contribution in [2.45, 2.75) is 0 Å². The van der Waals surface area contributed by atoms with Gasteiger partial charge in [0.15, 0.2) is 5.82 Å². The van der Waals surface area contributed by atoms with Gasteiger partial charge in [-0.3, -0.25) is 9.63 Å². The lowest BCUT2D eigenvalue weighted by atomic mass is 10.5. The second-order valence-electron chi connectivity index (χ2n) is 1.80. The fourth-order valence-corrected chi connectivity index (χ4v) is 0.675. The zero-order chi connectivity index (χ0) is 8.10. The Hall–Kier alpha value is -1.42. The highest BCUT2D eigenvalue weighted by molar-refractivity contribution is 5.69. The summed E-state index contributed by atoms with van der Waals surface area (Å²) in [7, 11) is 1.41. The summed E-state index contributed by atoms with van der Waals surface area (Å²) >= 11 is 0. The predicted octanol–water partition coefficient (Wildman–Crippen LogP) is 0.606. The molecule has 0 aliphatic rings. The van der Waals surface area contributed by atoms with Gasteiger partial charge >= 0.3 is 0 Å². The highest BCUT2D eigenvalue weighted by Gasteiger charge is 2.01. The number of nitrogens with zero attached hydrogens (tertiary/aromatic N) is 2. The molecule has 1 rings (SSSR count). The number of carbonyl (C=O) groups is 1. The highest BCUT2D eigenvalue weighted by Crippen LogP contribution is 2.05. The molecule has 4 heteroatoms. The van der Waals surface area contributed by atoms with Crippen molar-refractivity contribution >= 4 is 12.2 Å². The second kappa shape index (κ2) is 3.68. The molecular formula is C7H8N2O2. The number of hydroxylamine groups is 1. The van der Waals surface area contributed by atoms with Crippen LogP contribution in [-0.2, 0) is 9.63 Å². The number of pyridine rings is 1.